The molecule has 0 saturated heterocycles. The minimum absolute atomic E-state index is 0.00668. The molecule has 0 unspecified atom stereocenters. The van der Waals surface area contributed by atoms with E-state index in [9.17, 15) is 19.7 Å². The molecule has 33 heavy (non-hydrogen) atoms. The Balaban J connectivity index is 1.88. The first-order chi connectivity index (χ1) is 15.9. The van der Waals surface area contributed by atoms with E-state index in [0.29, 0.717) is 16.9 Å². The van der Waals surface area contributed by atoms with Crippen molar-refractivity contribution in [3.63, 3.8) is 0 Å². The Morgan fingerprint density at radius 2 is 1.55 bits per heavy atom. The van der Waals surface area contributed by atoms with Crippen LogP contribution in [0.1, 0.15) is 11.1 Å². The molecular weight excluding hydrogens is 438 g/mol. The van der Waals surface area contributed by atoms with Crippen LogP contribution in [-0.4, -0.2) is 20.3 Å². The Bertz CT molecular complexity index is 1420. The second-order valence-corrected chi connectivity index (χ2v) is 8.44. The maximum Gasteiger partial charge on any atom is 0.336 e. The molecule has 0 radical (unpaired) electrons. The summed E-state index contributed by atoms with van der Waals surface area (Å²) in [5, 5.41) is 10.9. The summed E-state index contributed by atoms with van der Waals surface area (Å²) in [6.07, 6.45) is 1.98. The van der Waals surface area contributed by atoms with Crippen molar-refractivity contribution in [3.8, 4) is 16.9 Å². The number of aryl methyl sites for hydroxylation is 1. The van der Waals surface area contributed by atoms with Crippen molar-refractivity contribution in [2.45, 2.75) is 18.4 Å². The van der Waals surface area contributed by atoms with Crippen molar-refractivity contribution in [1.82, 2.24) is 9.13 Å². The van der Waals surface area contributed by atoms with Crippen molar-refractivity contribution >= 4 is 17.4 Å². The zero-order valence-electron chi connectivity index (χ0n) is 18.1. The third-order valence-electron chi connectivity index (χ3n) is 5.36. The van der Waals surface area contributed by atoms with Gasteiger partial charge in [-0.05, 0) is 48.6 Å². The third kappa shape index (κ3) is 4.65. The SMILES string of the molecule is CSc1ccc(-n2c(-c3ccc(C)cc3)cc(=O)n(Cc3ccc([N+](=O)[O-])cc3)c2=O)cc1. The molecule has 1 heterocycles. The van der Waals surface area contributed by atoms with Crippen molar-refractivity contribution in [2.75, 3.05) is 6.26 Å². The van der Waals surface area contributed by atoms with Crippen LogP contribution in [0.4, 0.5) is 5.69 Å². The minimum Gasteiger partial charge on any atom is -0.269 e. The van der Waals surface area contributed by atoms with Gasteiger partial charge in [-0.15, -0.1) is 11.8 Å². The van der Waals surface area contributed by atoms with Gasteiger partial charge in [-0.2, -0.15) is 0 Å². The summed E-state index contributed by atoms with van der Waals surface area (Å²) in [6.45, 7) is 1.98. The molecule has 0 aliphatic heterocycles. The number of aromatic nitrogens is 2. The second-order valence-electron chi connectivity index (χ2n) is 7.56. The first-order valence-corrected chi connectivity index (χ1v) is 11.4. The summed E-state index contributed by atoms with van der Waals surface area (Å²) >= 11 is 1.60. The molecule has 3 aromatic carbocycles. The summed E-state index contributed by atoms with van der Waals surface area (Å²) in [6, 6.07) is 22.5. The number of non-ortho nitro benzene ring substituents is 1. The summed E-state index contributed by atoms with van der Waals surface area (Å²) in [5.41, 5.74) is 2.63. The highest BCUT2D eigenvalue weighted by Crippen LogP contribution is 2.23. The van der Waals surface area contributed by atoms with Crippen LogP contribution >= 0.6 is 11.8 Å². The predicted octanol–water partition coefficient (Wildman–Crippen LogP) is 4.65. The number of nitro benzene ring substituents is 1. The van der Waals surface area contributed by atoms with Crippen LogP contribution in [0.5, 0.6) is 0 Å². The van der Waals surface area contributed by atoms with Gasteiger partial charge in [0.25, 0.3) is 11.2 Å². The van der Waals surface area contributed by atoms with Gasteiger partial charge < -0.3 is 0 Å². The topological polar surface area (TPSA) is 87.1 Å². The molecule has 0 aliphatic carbocycles. The Labute approximate surface area is 194 Å². The van der Waals surface area contributed by atoms with Gasteiger partial charge in [-0.25, -0.2) is 4.79 Å². The molecule has 166 valence electrons. The fourth-order valence-electron chi connectivity index (χ4n) is 3.55. The number of rotatable bonds is 6. The molecule has 0 spiro atoms. The Kier molecular flexibility index (Phi) is 6.28. The monoisotopic (exact) mass is 459 g/mol. The molecule has 0 fully saturated rings. The predicted molar refractivity (Wildman–Crippen MR) is 130 cm³/mol. The van der Waals surface area contributed by atoms with Crippen LogP contribution in [0.2, 0.25) is 0 Å². The van der Waals surface area contributed by atoms with Gasteiger partial charge in [-0.3, -0.25) is 24.0 Å². The number of benzene rings is 3. The first-order valence-electron chi connectivity index (χ1n) is 10.2. The molecule has 0 bridgehead atoms. The van der Waals surface area contributed by atoms with Crippen molar-refractivity contribution < 1.29 is 4.92 Å². The smallest absolute Gasteiger partial charge is 0.269 e. The van der Waals surface area contributed by atoms with Crippen LogP contribution in [0.25, 0.3) is 16.9 Å². The molecule has 0 saturated carbocycles. The van der Waals surface area contributed by atoms with Crippen molar-refractivity contribution in [2.24, 2.45) is 0 Å². The Hall–Kier alpha value is -3.91. The molecular formula is C25H21N3O4S. The van der Waals surface area contributed by atoms with E-state index in [1.54, 1.807) is 23.9 Å². The fraction of sp³-hybridized carbons (Fsp3) is 0.120. The lowest BCUT2D eigenvalue weighted by molar-refractivity contribution is -0.384. The second kappa shape index (κ2) is 9.30. The van der Waals surface area contributed by atoms with E-state index in [1.165, 1.54) is 22.8 Å². The molecule has 4 aromatic rings. The van der Waals surface area contributed by atoms with Crippen LogP contribution < -0.4 is 11.2 Å². The minimum atomic E-state index is -0.489. The van der Waals surface area contributed by atoms with Gasteiger partial charge in [0.2, 0.25) is 0 Å². The van der Waals surface area contributed by atoms with E-state index in [-0.39, 0.29) is 12.2 Å². The van der Waals surface area contributed by atoms with E-state index in [1.807, 2.05) is 61.7 Å². The molecule has 8 heteroatoms. The highest BCUT2D eigenvalue weighted by Gasteiger charge is 2.16. The number of nitro groups is 1. The van der Waals surface area contributed by atoms with Crippen molar-refractivity contribution in [3.05, 3.63) is 121 Å². The van der Waals surface area contributed by atoms with Crippen LogP contribution in [-0.2, 0) is 6.54 Å². The van der Waals surface area contributed by atoms with Gasteiger partial charge in [-0.1, -0.05) is 42.0 Å². The van der Waals surface area contributed by atoms with E-state index < -0.39 is 16.2 Å². The quantitative estimate of drug-likeness (QED) is 0.238. The van der Waals surface area contributed by atoms with Crippen molar-refractivity contribution in [1.29, 1.82) is 0 Å². The lowest BCUT2D eigenvalue weighted by atomic mass is 10.1. The number of nitrogens with zero attached hydrogens (tertiary/aromatic N) is 3. The zero-order chi connectivity index (χ0) is 23.5. The van der Waals surface area contributed by atoms with Crippen LogP contribution in [0.15, 0.2) is 93.3 Å². The summed E-state index contributed by atoms with van der Waals surface area (Å²) < 4.78 is 2.67. The van der Waals surface area contributed by atoms with E-state index in [0.717, 1.165) is 20.6 Å². The molecule has 0 aliphatic rings. The van der Waals surface area contributed by atoms with E-state index >= 15 is 0 Å². The summed E-state index contributed by atoms with van der Waals surface area (Å²) in [7, 11) is 0. The standard InChI is InChI=1S/C25H21N3O4S/c1-17-3-7-19(8-4-17)23-15-24(29)26(16-18-5-9-21(10-6-18)28(31)32)25(30)27(23)20-11-13-22(33-2)14-12-20/h3-15H,16H2,1-2H3. The zero-order valence-corrected chi connectivity index (χ0v) is 18.9. The van der Waals surface area contributed by atoms with Gasteiger partial charge in [0, 0.05) is 23.1 Å². The van der Waals surface area contributed by atoms with E-state index in [4.69, 9.17) is 0 Å². The number of hydrogen-bond acceptors (Lipinski definition) is 5. The average molecular weight is 460 g/mol. The normalized spacial score (nSPS) is 10.8. The Morgan fingerprint density at radius 1 is 0.909 bits per heavy atom. The Morgan fingerprint density at radius 3 is 2.12 bits per heavy atom. The van der Waals surface area contributed by atoms with Crippen LogP contribution in [0.3, 0.4) is 0 Å². The largest absolute Gasteiger partial charge is 0.336 e. The van der Waals surface area contributed by atoms with Crippen LogP contribution in [0, 0.1) is 17.0 Å². The average Bonchev–Trinajstić information content (AvgIpc) is 2.82. The summed E-state index contributed by atoms with van der Waals surface area (Å²) in [5.74, 6) is 0. The molecule has 7 nitrogen and oxygen atoms in total. The lowest BCUT2D eigenvalue weighted by Gasteiger charge is -2.16. The van der Waals surface area contributed by atoms with Gasteiger partial charge in [0.05, 0.1) is 22.8 Å². The van der Waals surface area contributed by atoms with Gasteiger partial charge in [0.15, 0.2) is 0 Å². The third-order valence-corrected chi connectivity index (χ3v) is 6.10. The fourth-order valence-corrected chi connectivity index (χ4v) is 3.95. The molecule has 4 rings (SSSR count). The highest BCUT2D eigenvalue weighted by molar-refractivity contribution is 7.98. The van der Waals surface area contributed by atoms with Gasteiger partial charge >= 0.3 is 5.69 Å². The maximum absolute atomic E-state index is 13.6. The first kappa shape index (κ1) is 22.3. The van der Waals surface area contributed by atoms with E-state index in [2.05, 4.69) is 0 Å². The molecule has 0 atom stereocenters. The molecule has 0 amide bonds. The highest BCUT2D eigenvalue weighted by atomic mass is 32.2. The molecule has 1 aromatic heterocycles. The van der Waals surface area contributed by atoms with Gasteiger partial charge in [0.1, 0.15) is 0 Å². The number of thioether (sulfide) groups is 1. The number of hydrogen-bond donors (Lipinski definition) is 0. The molecule has 0 N–H and O–H groups in total. The lowest BCUT2D eigenvalue weighted by Crippen LogP contribution is -2.39. The maximum atomic E-state index is 13.6. The summed E-state index contributed by atoms with van der Waals surface area (Å²) in [4.78, 5) is 38.1.